The molecule has 1 saturated heterocycles. The Balaban J connectivity index is 1.19. The number of benzene rings is 1. The number of likely N-dealkylation sites (tertiary alicyclic amines) is 1. The van der Waals surface area contributed by atoms with Gasteiger partial charge in [-0.2, -0.15) is 0 Å². The van der Waals surface area contributed by atoms with Crippen molar-refractivity contribution in [2.24, 2.45) is 5.41 Å². The van der Waals surface area contributed by atoms with E-state index in [2.05, 4.69) is 21.6 Å². The van der Waals surface area contributed by atoms with E-state index < -0.39 is 0 Å². The van der Waals surface area contributed by atoms with E-state index in [0.717, 1.165) is 43.7 Å². The second-order valence-electron chi connectivity index (χ2n) is 8.46. The van der Waals surface area contributed by atoms with Crippen molar-refractivity contribution in [3.63, 3.8) is 0 Å². The summed E-state index contributed by atoms with van der Waals surface area (Å²) in [6.07, 6.45) is 5.76. The summed E-state index contributed by atoms with van der Waals surface area (Å²) in [6.45, 7) is 4.09. The van der Waals surface area contributed by atoms with Gasteiger partial charge in [0, 0.05) is 13.1 Å². The largest absolute Gasteiger partial charge is 0.492 e. The van der Waals surface area contributed by atoms with E-state index in [1.807, 2.05) is 30.0 Å². The number of nitrogens with zero attached hydrogens (tertiary/aromatic N) is 3. The molecule has 7 heteroatoms. The van der Waals surface area contributed by atoms with Crippen molar-refractivity contribution >= 4 is 11.9 Å². The van der Waals surface area contributed by atoms with Gasteiger partial charge in [0.15, 0.2) is 0 Å². The van der Waals surface area contributed by atoms with Gasteiger partial charge in [-0.3, -0.25) is 4.79 Å². The smallest absolute Gasteiger partial charge is 0.316 e. The monoisotopic (exact) mass is 382 g/mol. The van der Waals surface area contributed by atoms with Gasteiger partial charge in [0.1, 0.15) is 18.4 Å². The number of rotatable bonds is 4. The summed E-state index contributed by atoms with van der Waals surface area (Å²) in [5.74, 6) is 1.60. The highest BCUT2D eigenvalue weighted by atomic mass is 16.5. The van der Waals surface area contributed by atoms with Crippen molar-refractivity contribution in [2.75, 3.05) is 25.0 Å². The third kappa shape index (κ3) is 3.34. The fourth-order valence-corrected chi connectivity index (χ4v) is 4.34. The highest BCUT2D eigenvalue weighted by Crippen LogP contribution is 2.53. The van der Waals surface area contributed by atoms with E-state index in [4.69, 9.17) is 9.15 Å². The standard InChI is InChI=1S/C21H26N4O3/c1-14(19(26)25-10-8-21(6-7-21)9-11-25)22-20-24-23-18(28-20)16-12-15-4-2-3-5-17(15)27-13-16/h2-5,14,16H,6-13H2,1H3,(H,22,24)/t14-,16-/m1/s1. The molecule has 2 aliphatic heterocycles. The number of ether oxygens (including phenoxy) is 1. The van der Waals surface area contributed by atoms with Crippen molar-refractivity contribution in [2.45, 2.75) is 51.0 Å². The molecule has 1 amide bonds. The van der Waals surface area contributed by atoms with Gasteiger partial charge in [0.25, 0.3) is 0 Å². The molecule has 2 atom stereocenters. The van der Waals surface area contributed by atoms with Crippen LogP contribution in [0.4, 0.5) is 6.01 Å². The minimum Gasteiger partial charge on any atom is -0.492 e. The highest BCUT2D eigenvalue weighted by Gasteiger charge is 2.45. The highest BCUT2D eigenvalue weighted by molar-refractivity contribution is 5.83. The Hall–Kier alpha value is -2.57. The number of hydrogen-bond donors (Lipinski definition) is 1. The summed E-state index contributed by atoms with van der Waals surface area (Å²) in [7, 11) is 0. The topological polar surface area (TPSA) is 80.5 Å². The number of aromatic nitrogens is 2. The van der Waals surface area contributed by atoms with Crippen LogP contribution in [0.5, 0.6) is 5.75 Å². The molecule has 1 saturated carbocycles. The maximum atomic E-state index is 12.7. The number of carbonyl (C=O) groups excluding carboxylic acids is 1. The molecule has 1 aromatic heterocycles. The molecule has 0 unspecified atom stereocenters. The predicted octanol–water partition coefficient (Wildman–Crippen LogP) is 2.99. The average Bonchev–Trinajstić information content (AvgIpc) is 3.31. The lowest BCUT2D eigenvalue weighted by Gasteiger charge is -2.33. The predicted molar refractivity (Wildman–Crippen MR) is 103 cm³/mol. The molecule has 2 aromatic rings. The van der Waals surface area contributed by atoms with Gasteiger partial charge in [-0.25, -0.2) is 0 Å². The van der Waals surface area contributed by atoms with Gasteiger partial charge in [-0.05, 0) is 56.1 Å². The zero-order valence-electron chi connectivity index (χ0n) is 16.2. The molecule has 1 aromatic carbocycles. The molecule has 7 nitrogen and oxygen atoms in total. The fraction of sp³-hybridized carbons (Fsp3) is 0.571. The zero-order valence-corrected chi connectivity index (χ0v) is 16.2. The van der Waals surface area contributed by atoms with Crippen LogP contribution in [-0.4, -0.2) is 46.7 Å². The lowest BCUT2D eigenvalue weighted by Crippen LogP contribution is -2.45. The van der Waals surface area contributed by atoms with Crippen molar-refractivity contribution in [3.8, 4) is 5.75 Å². The van der Waals surface area contributed by atoms with Crippen LogP contribution in [0.3, 0.4) is 0 Å². The zero-order chi connectivity index (χ0) is 19.1. The number of amides is 1. The van der Waals surface area contributed by atoms with Crippen molar-refractivity contribution in [1.82, 2.24) is 15.1 Å². The van der Waals surface area contributed by atoms with Gasteiger partial charge in [0.05, 0.1) is 5.92 Å². The molecule has 1 aliphatic carbocycles. The van der Waals surface area contributed by atoms with Crippen molar-refractivity contribution in [1.29, 1.82) is 0 Å². The second kappa shape index (κ2) is 6.79. The number of hydrogen-bond acceptors (Lipinski definition) is 6. The average molecular weight is 382 g/mol. The van der Waals surface area contributed by atoms with Gasteiger partial charge in [0.2, 0.25) is 11.8 Å². The van der Waals surface area contributed by atoms with E-state index in [-0.39, 0.29) is 17.9 Å². The molecule has 1 spiro atoms. The molecule has 0 radical (unpaired) electrons. The third-order valence-electron chi connectivity index (χ3n) is 6.47. The molecular weight excluding hydrogens is 356 g/mol. The van der Waals surface area contributed by atoms with Gasteiger partial charge >= 0.3 is 6.01 Å². The summed E-state index contributed by atoms with van der Waals surface area (Å²) >= 11 is 0. The van der Waals surface area contributed by atoms with Crippen LogP contribution < -0.4 is 10.1 Å². The summed E-state index contributed by atoms with van der Waals surface area (Å²) < 4.78 is 11.6. The molecule has 1 N–H and O–H groups in total. The Bertz CT molecular complexity index is 866. The van der Waals surface area contributed by atoms with Crippen LogP contribution in [0, 0.1) is 5.41 Å². The Morgan fingerprint density at radius 2 is 2.00 bits per heavy atom. The number of para-hydroxylation sites is 1. The minimum absolute atomic E-state index is 0.0285. The summed E-state index contributed by atoms with van der Waals surface area (Å²) in [5, 5.41) is 11.4. The molecule has 28 heavy (non-hydrogen) atoms. The lowest BCUT2D eigenvalue weighted by molar-refractivity contribution is -0.133. The van der Waals surface area contributed by atoms with E-state index in [1.165, 1.54) is 12.8 Å². The first-order valence-electron chi connectivity index (χ1n) is 10.2. The van der Waals surface area contributed by atoms with E-state index >= 15 is 0 Å². The Labute approximate surface area is 164 Å². The molecule has 148 valence electrons. The van der Waals surface area contributed by atoms with E-state index in [0.29, 0.717) is 23.9 Å². The van der Waals surface area contributed by atoms with Crippen LogP contribution in [-0.2, 0) is 11.2 Å². The minimum atomic E-state index is -0.384. The second-order valence-corrected chi connectivity index (χ2v) is 8.46. The molecule has 3 heterocycles. The molecule has 2 fully saturated rings. The maximum absolute atomic E-state index is 12.7. The summed E-state index contributed by atoms with van der Waals surface area (Å²) in [5.41, 5.74) is 1.71. The maximum Gasteiger partial charge on any atom is 0.316 e. The van der Waals surface area contributed by atoms with E-state index in [1.54, 1.807) is 0 Å². The number of nitrogens with one attached hydrogen (secondary N) is 1. The van der Waals surface area contributed by atoms with Crippen molar-refractivity contribution in [3.05, 3.63) is 35.7 Å². The Kier molecular flexibility index (Phi) is 4.25. The van der Waals surface area contributed by atoms with Gasteiger partial charge < -0.3 is 19.4 Å². The molecule has 0 bridgehead atoms. The number of piperidine rings is 1. The molecule has 5 rings (SSSR count). The first-order chi connectivity index (χ1) is 13.6. The number of carbonyl (C=O) groups is 1. The molecular formula is C21H26N4O3. The van der Waals surface area contributed by atoms with Crippen molar-refractivity contribution < 1.29 is 13.9 Å². The Morgan fingerprint density at radius 1 is 1.21 bits per heavy atom. The fourth-order valence-electron chi connectivity index (χ4n) is 4.34. The normalized spacial score (nSPS) is 23.6. The van der Waals surface area contributed by atoms with Crippen LogP contribution in [0.25, 0.3) is 0 Å². The Morgan fingerprint density at radius 3 is 2.79 bits per heavy atom. The van der Waals surface area contributed by atoms with Crippen LogP contribution in [0.2, 0.25) is 0 Å². The van der Waals surface area contributed by atoms with Crippen LogP contribution in [0.1, 0.15) is 50.0 Å². The lowest BCUT2D eigenvalue weighted by atomic mass is 9.93. The SMILES string of the molecule is C[C@@H](Nc1nnc([C@H]2COc3ccccc3C2)o1)C(=O)N1CCC2(CC1)CC2. The first-order valence-corrected chi connectivity index (χ1v) is 10.2. The third-order valence-corrected chi connectivity index (χ3v) is 6.47. The number of fused-ring (bicyclic) bond motifs is 1. The van der Waals surface area contributed by atoms with E-state index in [9.17, 15) is 4.79 Å². The van der Waals surface area contributed by atoms with Crippen LogP contribution in [0.15, 0.2) is 28.7 Å². The number of anilines is 1. The van der Waals surface area contributed by atoms with Crippen LogP contribution >= 0.6 is 0 Å². The van der Waals surface area contributed by atoms with Gasteiger partial charge in [-0.1, -0.05) is 23.3 Å². The van der Waals surface area contributed by atoms with Gasteiger partial charge in [-0.15, -0.1) is 5.10 Å². The molecule has 3 aliphatic rings. The first kappa shape index (κ1) is 17.5. The summed E-state index contributed by atoms with van der Waals surface area (Å²) in [6, 6.07) is 7.92. The quantitative estimate of drug-likeness (QED) is 0.876. The summed E-state index contributed by atoms with van der Waals surface area (Å²) in [4.78, 5) is 14.7.